The van der Waals surface area contributed by atoms with Gasteiger partial charge in [-0.2, -0.15) is 0 Å². The molecule has 0 bridgehead atoms. The summed E-state index contributed by atoms with van der Waals surface area (Å²) in [6.07, 6.45) is 2.09. The highest BCUT2D eigenvalue weighted by molar-refractivity contribution is 5.92. The molecule has 3 aromatic rings. The van der Waals surface area contributed by atoms with E-state index in [9.17, 15) is 4.79 Å². The SMILES string of the molecule is CCOc1ccc(NC(=O)Cc2ccc3c(c2)ncn3C)cc1. The fourth-order valence-corrected chi connectivity index (χ4v) is 2.48. The fourth-order valence-electron chi connectivity index (χ4n) is 2.48. The summed E-state index contributed by atoms with van der Waals surface area (Å²) in [5.41, 5.74) is 3.66. The third-order valence-electron chi connectivity index (χ3n) is 3.60. The maximum Gasteiger partial charge on any atom is 0.228 e. The van der Waals surface area contributed by atoms with Gasteiger partial charge in [-0.1, -0.05) is 6.07 Å². The van der Waals surface area contributed by atoms with Crippen LogP contribution in [0, 0.1) is 0 Å². The van der Waals surface area contributed by atoms with E-state index in [1.807, 2.05) is 61.0 Å². The van der Waals surface area contributed by atoms with E-state index in [4.69, 9.17) is 4.74 Å². The Morgan fingerprint density at radius 3 is 2.74 bits per heavy atom. The van der Waals surface area contributed by atoms with Crippen LogP contribution in [0.25, 0.3) is 11.0 Å². The van der Waals surface area contributed by atoms with Gasteiger partial charge in [-0.3, -0.25) is 4.79 Å². The summed E-state index contributed by atoms with van der Waals surface area (Å²) in [6, 6.07) is 13.3. The molecule has 0 saturated heterocycles. The van der Waals surface area contributed by atoms with Crippen molar-refractivity contribution in [2.75, 3.05) is 11.9 Å². The highest BCUT2D eigenvalue weighted by atomic mass is 16.5. The highest BCUT2D eigenvalue weighted by Crippen LogP contribution is 2.17. The van der Waals surface area contributed by atoms with Gasteiger partial charge in [0.2, 0.25) is 5.91 Å². The van der Waals surface area contributed by atoms with Crippen LogP contribution in [0.2, 0.25) is 0 Å². The zero-order chi connectivity index (χ0) is 16.2. The highest BCUT2D eigenvalue weighted by Gasteiger charge is 2.07. The van der Waals surface area contributed by atoms with Gasteiger partial charge in [0.15, 0.2) is 0 Å². The largest absolute Gasteiger partial charge is 0.494 e. The predicted molar refractivity (Wildman–Crippen MR) is 90.7 cm³/mol. The predicted octanol–water partition coefficient (Wildman–Crippen LogP) is 3.15. The van der Waals surface area contributed by atoms with Crippen molar-refractivity contribution in [2.45, 2.75) is 13.3 Å². The van der Waals surface area contributed by atoms with Crippen molar-refractivity contribution >= 4 is 22.6 Å². The Bertz CT molecular complexity index is 822. The molecule has 118 valence electrons. The number of hydrogen-bond donors (Lipinski definition) is 1. The number of aryl methyl sites for hydroxylation is 1. The van der Waals surface area contributed by atoms with Crippen molar-refractivity contribution in [3.63, 3.8) is 0 Å². The second-order valence-corrected chi connectivity index (χ2v) is 5.36. The normalized spacial score (nSPS) is 10.7. The van der Waals surface area contributed by atoms with Gasteiger partial charge in [0, 0.05) is 12.7 Å². The molecule has 2 aromatic carbocycles. The molecule has 1 N–H and O–H groups in total. The van der Waals surface area contributed by atoms with Crippen LogP contribution in [0.3, 0.4) is 0 Å². The molecular weight excluding hydrogens is 290 g/mol. The summed E-state index contributed by atoms with van der Waals surface area (Å²) < 4.78 is 7.34. The molecule has 0 unspecified atom stereocenters. The van der Waals surface area contributed by atoms with E-state index in [0.717, 1.165) is 28.0 Å². The monoisotopic (exact) mass is 309 g/mol. The quantitative estimate of drug-likeness (QED) is 0.787. The van der Waals surface area contributed by atoms with Gasteiger partial charge in [0.25, 0.3) is 0 Å². The molecule has 0 aliphatic heterocycles. The minimum absolute atomic E-state index is 0.0514. The van der Waals surface area contributed by atoms with Crippen LogP contribution in [0.4, 0.5) is 5.69 Å². The van der Waals surface area contributed by atoms with Gasteiger partial charge in [-0.15, -0.1) is 0 Å². The summed E-state index contributed by atoms with van der Waals surface area (Å²) in [7, 11) is 1.95. The van der Waals surface area contributed by atoms with E-state index in [0.29, 0.717) is 13.0 Å². The van der Waals surface area contributed by atoms with Gasteiger partial charge in [0.1, 0.15) is 5.75 Å². The van der Waals surface area contributed by atoms with Crippen LogP contribution >= 0.6 is 0 Å². The first-order valence-corrected chi connectivity index (χ1v) is 7.58. The van der Waals surface area contributed by atoms with Crippen LogP contribution in [-0.4, -0.2) is 22.1 Å². The molecule has 5 heteroatoms. The molecule has 5 nitrogen and oxygen atoms in total. The topological polar surface area (TPSA) is 56.1 Å². The second-order valence-electron chi connectivity index (χ2n) is 5.36. The zero-order valence-electron chi connectivity index (χ0n) is 13.2. The third-order valence-corrected chi connectivity index (χ3v) is 3.60. The molecule has 0 atom stereocenters. The number of benzene rings is 2. The Kier molecular flexibility index (Phi) is 4.28. The molecule has 0 saturated carbocycles. The minimum Gasteiger partial charge on any atom is -0.494 e. The van der Waals surface area contributed by atoms with E-state index in [1.54, 1.807) is 6.33 Å². The van der Waals surface area contributed by atoms with Crippen molar-refractivity contribution in [1.29, 1.82) is 0 Å². The second kappa shape index (κ2) is 6.52. The van der Waals surface area contributed by atoms with Crippen molar-refractivity contribution < 1.29 is 9.53 Å². The summed E-state index contributed by atoms with van der Waals surface area (Å²) in [5, 5.41) is 2.89. The van der Waals surface area contributed by atoms with Gasteiger partial charge < -0.3 is 14.6 Å². The van der Waals surface area contributed by atoms with Crippen LogP contribution in [-0.2, 0) is 18.3 Å². The average Bonchev–Trinajstić information content (AvgIpc) is 2.90. The lowest BCUT2D eigenvalue weighted by Gasteiger charge is -2.07. The number of ether oxygens (including phenoxy) is 1. The summed E-state index contributed by atoms with van der Waals surface area (Å²) in [4.78, 5) is 16.5. The Morgan fingerprint density at radius 1 is 1.22 bits per heavy atom. The van der Waals surface area contributed by atoms with E-state index >= 15 is 0 Å². The van der Waals surface area contributed by atoms with Crippen molar-refractivity contribution in [1.82, 2.24) is 9.55 Å². The molecule has 1 amide bonds. The van der Waals surface area contributed by atoms with Gasteiger partial charge in [-0.25, -0.2) is 4.98 Å². The number of nitrogens with one attached hydrogen (secondary N) is 1. The maximum absolute atomic E-state index is 12.2. The van der Waals surface area contributed by atoms with E-state index in [-0.39, 0.29) is 5.91 Å². The first kappa shape index (κ1) is 15.1. The first-order valence-electron chi connectivity index (χ1n) is 7.58. The van der Waals surface area contributed by atoms with Crippen LogP contribution in [0.1, 0.15) is 12.5 Å². The number of anilines is 1. The molecule has 0 spiro atoms. The number of rotatable bonds is 5. The maximum atomic E-state index is 12.2. The van der Waals surface area contributed by atoms with Crippen molar-refractivity contribution in [3.8, 4) is 5.75 Å². The Hall–Kier alpha value is -2.82. The van der Waals surface area contributed by atoms with Crippen LogP contribution in [0.15, 0.2) is 48.8 Å². The molecule has 23 heavy (non-hydrogen) atoms. The standard InChI is InChI=1S/C18H19N3O2/c1-3-23-15-7-5-14(6-8-15)20-18(22)11-13-4-9-17-16(10-13)19-12-21(17)2/h4-10,12H,3,11H2,1-2H3,(H,20,22). The third kappa shape index (κ3) is 3.51. The van der Waals surface area contributed by atoms with Gasteiger partial charge >= 0.3 is 0 Å². The van der Waals surface area contributed by atoms with Crippen LogP contribution in [0.5, 0.6) is 5.75 Å². The molecule has 0 fully saturated rings. The molecule has 1 heterocycles. The lowest BCUT2D eigenvalue weighted by Crippen LogP contribution is -2.14. The van der Waals surface area contributed by atoms with Gasteiger partial charge in [0.05, 0.1) is 30.4 Å². The Balaban J connectivity index is 1.65. The van der Waals surface area contributed by atoms with Crippen LogP contribution < -0.4 is 10.1 Å². The molecule has 0 aliphatic carbocycles. The van der Waals surface area contributed by atoms with E-state index in [2.05, 4.69) is 10.3 Å². The minimum atomic E-state index is -0.0514. The summed E-state index contributed by atoms with van der Waals surface area (Å²) in [6.45, 7) is 2.57. The number of carbonyl (C=O) groups excluding carboxylic acids is 1. The molecule has 0 radical (unpaired) electrons. The van der Waals surface area contributed by atoms with E-state index < -0.39 is 0 Å². The number of imidazole rings is 1. The number of hydrogen-bond acceptors (Lipinski definition) is 3. The molecule has 0 aliphatic rings. The number of aromatic nitrogens is 2. The van der Waals surface area contributed by atoms with E-state index in [1.165, 1.54) is 0 Å². The smallest absolute Gasteiger partial charge is 0.228 e. The summed E-state index contributed by atoms with van der Waals surface area (Å²) in [5.74, 6) is 0.746. The Labute approximate surface area is 134 Å². The number of fused-ring (bicyclic) bond motifs is 1. The summed E-state index contributed by atoms with van der Waals surface area (Å²) >= 11 is 0. The molecular formula is C18H19N3O2. The molecule has 3 rings (SSSR count). The average molecular weight is 309 g/mol. The molecule has 1 aromatic heterocycles. The van der Waals surface area contributed by atoms with Crippen molar-refractivity contribution in [3.05, 3.63) is 54.4 Å². The Morgan fingerprint density at radius 2 is 2.00 bits per heavy atom. The lowest BCUT2D eigenvalue weighted by molar-refractivity contribution is -0.115. The lowest BCUT2D eigenvalue weighted by atomic mass is 10.1. The number of nitrogens with zero attached hydrogens (tertiary/aromatic N) is 2. The zero-order valence-corrected chi connectivity index (χ0v) is 13.2. The van der Waals surface area contributed by atoms with Gasteiger partial charge in [-0.05, 0) is 48.9 Å². The van der Waals surface area contributed by atoms with Crippen molar-refractivity contribution in [2.24, 2.45) is 7.05 Å². The fraction of sp³-hybridized carbons (Fsp3) is 0.222. The first-order chi connectivity index (χ1) is 11.2. The number of carbonyl (C=O) groups is 1. The number of amides is 1.